The second kappa shape index (κ2) is 3.72. The molecule has 0 bridgehead atoms. The van der Waals surface area contributed by atoms with Gasteiger partial charge in [0.25, 0.3) is 5.69 Å². The first-order valence-electron chi connectivity index (χ1n) is 3.61. The minimum Gasteiger partial charge on any atom is -0.391 e. The lowest BCUT2D eigenvalue weighted by atomic mass is 10.1. The van der Waals surface area contributed by atoms with E-state index in [0.29, 0.717) is 5.56 Å². The van der Waals surface area contributed by atoms with E-state index in [1.54, 1.807) is 13.0 Å². The summed E-state index contributed by atoms with van der Waals surface area (Å²) in [7, 11) is 0. The Kier molecular flexibility index (Phi) is 2.85. The third-order valence-electron chi connectivity index (χ3n) is 1.77. The van der Waals surface area contributed by atoms with Gasteiger partial charge in [-0.2, -0.15) is 0 Å². The van der Waals surface area contributed by atoms with Gasteiger partial charge in [-0.3, -0.25) is 10.1 Å². The number of hydrogen-bond acceptors (Lipinski definition) is 3. The molecule has 13 heavy (non-hydrogen) atoms. The van der Waals surface area contributed by atoms with Crippen LogP contribution < -0.4 is 0 Å². The molecule has 0 amide bonds. The van der Waals surface area contributed by atoms with Crippen molar-refractivity contribution in [1.82, 2.24) is 0 Å². The minimum atomic E-state index is -0.535. The second-order valence-corrected chi connectivity index (χ2v) is 3.01. The van der Waals surface area contributed by atoms with Crippen LogP contribution >= 0.6 is 11.6 Å². The maximum Gasteiger partial charge on any atom is 0.279 e. The van der Waals surface area contributed by atoms with Gasteiger partial charge in [-0.15, -0.1) is 0 Å². The van der Waals surface area contributed by atoms with Crippen LogP contribution in [-0.2, 0) is 6.61 Å². The van der Waals surface area contributed by atoms with Crippen molar-refractivity contribution in [3.8, 4) is 0 Å². The van der Waals surface area contributed by atoms with E-state index in [-0.39, 0.29) is 16.3 Å². The number of hydrogen-bond donors (Lipinski definition) is 1. The number of aliphatic hydroxyl groups is 1. The van der Waals surface area contributed by atoms with Crippen LogP contribution in [0, 0.1) is 17.0 Å². The van der Waals surface area contributed by atoms with E-state index in [4.69, 9.17) is 16.7 Å². The van der Waals surface area contributed by atoms with Crippen molar-refractivity contribution in [1.29, 1.82) is 0 Å². The molecule has 0 fully saturated rings. The third kappa shape index (κ3) is 1.79. The molecule has 70 valence electrons. The van der Waals surface area contributed by atoms with Crippen molar-refractivity contribution in [3.63, 3.8) is 0 Å². The molecule has 1 aromatic rings. The van der Waals surface area contributed by atoms with Crippen LogP contribution in [0.5, 0.6) is 0 Å². The van der Waals surface area contributed by atoms with Gasteiger partial charge in [-0.1, -0.05) is 17.7 Å². The van der Waals surface area contributed by atoms with E-state index < -0.39 is 11.5 Å². The maximum absolute atomic E-state index is 10.6. The monoisotopic (exact) mass is 201 g/mol. The molecule has 0 saturated carbocycles. The lowest BCUT2D eigenvalue weighted by Crippen LogP contribution is -1.98. The van der Waals surface area contributed by atoms with Crippen LogP contribution in [0.3, 0.4) is 0 Å². The fraction of sp³-hybridized carbons (Fsp3) is 0.250. The van der Waals surface area contributed by atoms with E-state index in [1.807, 2.05) is 0 Å². The second-order valence-electron chi connectivity index (χ2n) is 2.61. The minimum absolute atomic E-state index is 0.102. The van der Waals surface area contributed by atoms with Crippen molar-refractivity contribution >= 4 is 17.3 Å². The van der Waals surface area contributed by atoms with Crippen LogP contribution in [0.15, 0.2) is 12.1 Å². The van der Waals surface area contributed by atoms with E-state index in [1.165, 1.54) is 6.07 Å². The zero-order valence-electron chi connectivity index (χ0n) is 6.95. The highest BCUT2D eigenvalue weighted by Crippen LogP contribution is 2.29. The van der Waals surface area contributed by atoms with Crippen molar-refractivity contribution in [2.75, 3.05) is 0 Å². The molecule has 0 aliphatic heterocycles. The molecule has 0 aliphatic rings. The lowest BCUT2D eigenvalue weighted by molar-refractivity contribution is -0.386. The van der Waals surface area contributed by atoms with Crippen molar-refractivity contribution < 1.29 is 10.0 Å². The summed E-state index contributed by atoms with van der Waals surface area (Å²) in [5.74, 6) is 0. The largest absolute Gasteiger partial charge is 0.391 e. The van der Waals surface area contributed by atoms with Crippen LogP contribution in [-0.4, -0.2) is 10.0 Å². The zero-order chi connectivity index (χ0) is 10.0. The van der Waals surface area contributed by atoms with Crippen LogP contribution in [0.4, 0.5) is 5.69 Å². The Morgan fingerprint density at radius 2 is 2.23 bits per heavy atom. The molecule has 0 radical (unpaired) electrons. The van der Waals surface area contributed by atoms with Gasteiger partial charge in [0.2, 0.25) is 0 Å². The number of halogens is 1. The summed E-state index contributed by atoms with van der Waals surface area (Å²) in [6.07, 6.45) is 0. The first-order valence-corrected chi connectivity index (χ1v) is 3.99. The van der Waals surface area contributed by atoms with E-state index in [0.717, 1.165) is 0 Å². The smallest absolute Gasteiger partial charge is 0.279 e. The number of nitro groups is 1. The Morgan fingerprint density at radius 3 is 2.62 bits per heavy atom. The van der Waals surface area contributed by atoms with Gasteiger partial charge < -0.3 is 5.11 Å². The quantitative estimate of drug-likeness (QED) is 0.588. The number of benzene rings is 1. The Morgan fingerprint density at radius 1 is 1.62 bits per heavy atom. The molecule has 0 aromatic heterocycles. The molecule has 4 nitrogen and oxygen atoms in total. The highest BCUT2D eigenvalue weighted by atomic mass is 35.5. The van der Waals surface area contributed by atoms with Gasteiger partial charge >= 0.3 is 0 Å². The van der Waals surface area contributed by atoms with E-state index in [2.05, 4.69) is 0 Å². The van der Waals surface area contributed by atoms with Gasteiger partial charge in [0.15, 0.2) is 0 Å². The van der Waals surface area contributed by atoms with E-state index in [9.17, 15) is 10.1 Å². The maximum atomic E-state index is 10.6. The highest BCUT2D eigenvalue weighted by molar-refractivity contribution is 6.31. The van der Waals surface area contributed by atoms with Crippen LogP contribution in [0.2, 0.25) is 5.02 Å². The number of nitrogens with zero attached hydrogens (tertiary/aromatic N) is 1. The van der Waals surface area contributed by atoms with Gasteiger partial charge in [0, 0.05) is 5.56 Å². The SMILES string of the molecule is Cc1ccc(Cl)c(CO)c1[N+](=O)[O-]. The summed E-state index contributed by atoms with van der Waals surface area (Å²) in [4.78, 5) is 10.1. The number of aryl methyl sites for hydroxylation is 1. The normalized spacial score (nSPS) is 10.1. The molecular formula is C8H8ClNO3. The topological polar surface area (TPSA) is 63.4 Å². The van der Waals surface area contributed by atoms with Gasteiger partial charge in [0.1, 0.15) is 0 Å². The molecule has 1 aromatic carbocycles. The Hall–Kier alpha value is -1.13. The zero-order valence-corrected chi connectivity index (χ0v) is 7.71. The van der Waals surface area contributed by atoms with Gasteiger partial charge in [-0.25, -0.2) is 0 Å². The Bertz CT molecular complexity index is 351. The fourth-order valence-electron chi connectivity index (χ4n) is 1.13. The number of aliphatic hydroxyl groups excluding tert-OH is 1. The Balaban J connectivity index is 3.43. The highest BCUT2D eigenvalue weighted by Gasteiger charge is 2.18. The third-order valence-corrected chi connectivity index (χ3v) is 2.12. The van der Waals surface area contributed by atoms with Crippen molar-refractivity contribution in [2.24, 2.45) is 0 Å². The summed E-state index contributed by atoms with van der Waals surface area (Å²) in [5.41, 5.74) is 0.570. The van der Waals surface area contributed by atoms with Gasteiger partial charge in [-0.05, 0) is 13.0 Å². The van der Waals surface area contributed by atoms with Crippen LogP contribution in [0.25, 0.3) is 0 Å². The predicted molar refractivity (Wildman–Crippen MR) is 48.8 cm³/mol. The number of nitro benzene ring substituents is 1. The number of rotatable bonds is 2. The average Bonchev–Trinajstić information content (AvgIpc) is 2.07. The first kappa shape index (κ1) is 9.95. The summed E-state index contributed by atoms with van der Waals surface area (Å²) in [5, 5.41) is 19.7. The molecule has 0 aliphatic carbocycles. The van der Waals surface area contributed by atoms with Crippen molar-refractivity contribution in [2.45, 2.75) is 13.5 Å². The van der Waals surface area contributed by atoms with E-state index >= 15 is 0 Å². The van der Waals surface area contributed by atoms with Crippen molar-refractivity contribution in [3.05, 3.63) is 38.4 Å². The molecule has 1 rings (SSSR count). The molecule has 1 N–H and O–H groups in total. The summed E-state index contributed by atoms with van der Waals surface area (Å²) in [6, 6.07) is 3.09. The molecule has 0 atom stereocenters. The lowest BCUT2D eigenvalue weighted by Gasteiger charge is -2.03. The molecular weight excluding hydrogens is 194 g/mol. The average molecular weight is 202 g/mol. The predicted octanol–water partition coefficient (Wildman–Crippen LogP) is 2.05. The standard InChI is InChI=1S/C8H8ClNO3/c1-5-2-3-7(9)6(4-11)8(5)10(12)13/h2-3,11H,4H2,1H3. The van der Waals surface area contributed by atoms with Gasteiger partial charge in [0.05, 0.1) is 22.1 Å². The van der Waals surface area contributed by atoms with Crippen LogP contribution in [0.1, 0.15) is 11.1 Å². The molecule has 0 saturated heterocycles. The first-order chi connectivity index (χ1) is 6.07. The summed E-state index contributed by atoms with van der Waals surface area (Å²) < 4.78 is 0. The summed E-state index contributed by atoms with van der Waals surface area (Å²) in [6.45, 7) is 1.18. The summed E-state index contributed by atoms with van der Waals surface area (Å²) >= 11 is 5.68. The fourth-order valence-corrected chi connectivity index (χ4v) is 1.35. The molecule has 5 heteroatoms. The Labute approximate surface area is 79.9 Å². The molecule has 0 unspecified atom stereocenters. The molecule has 0 heterocycles. The molecule has 0 spiro atoms.